The van der Waals surface area contributed by atoms with Crippen LogP contribution in [0.5, 0.6) is 5.75 Å². The van der Waals surface area contributed by atoms with Crippen LogP contribution in [0.1, 0.15) is 11.4 Å². The number of methoxy groups -OCH3 is 1. The number of carbonyl (C=O) groups excluding carboxylic acids is 1. The second-order valence-electron chi connectivity index (χ2n) is 6.83. The normalized spacial score (nSPS) is 10.9. The lowest BCUT2D eigenvalue weighted by Gasteiger charge is -2.09. The number of hydrogen-bond donors (Lipinski definition) is 1. The van der Waals surface area contributed by atoms with Crippen molar-refractivity contribution in [3.05, 3.63) is 82.4 Å². The summed E-state index contributed by atoms with van der Waals surface area (Å²) in [7, 11) is 1.59. The van der Waals surface area contributed by atoms with Crippen LogP contribution in [0, 0.1) is 6.92 Å². The number of hydrogen-bond acceptors (Lipinski definition) is 5. The van der Waals surface area contributed by atoms with E-state index in [0.29, 0.717) is 23.6 Å². The van der Waals surface area contributed by atoms with E-state index in [1.54, 1.807) is 20.1 Å². The minimum Gasteiger partial charge on any atom is -0.497 e. The van der Waals surface area contributed by atoms with Crippen molar-refractivity contribution in [3.63, 3.8) is 0 Å². The number of fused-ring (bicyclic) bond motifs is 1. The predicted molar refractivity (Wildman–Crippen MR) is 112 cm³/mol. The van der Waals surface area contributed by atoms with Crippen LogP contribution in [0.15, 0.2) is 65.5 Å². The van der Waals surface area contributed by atoms with Crippen LogP contribution >= 0.6 is 0 Å². The summed E-state index contributed by atoms with van der Waals surface area (Å²) in [6.45, 7) is 1.90. The number of benzene rings is 2. The fourth-order valence-corrected chi connectivity index (χ4v) is 3.21. The highest BCUT2D eigenvalue weighted by Crippen LogP contribution is 2.18. The maximum atomic E-state index is 12.9. The number of nitrogens with zero attached hydrogens (tertiary/aromatic N) is 4. The lowest BCUT2D eigenvalue weighted by atomic mass is 10.1. The van der Waals surface area contributed by atoms with Crippen molar-refractivity contribution >= 4 is 11.4 Å². The molecule has 30 heavy (non-hydrogen) atoms. The highest BCUT2D eigenvalue weighted by molar-refractivity contribution is 5.75. The Balaban J connectivity index is 1.54. The third-order valence-electron chi connectivity index (χ3n) is 4.72. The summed E-state index contributed by atoms with van der Waals surface area (Å²) in [4.78, 5) is 25.3. The Morgan fingerprint density at radius 1 is 1.07 bits per heavy atom. The van der Waals surface area contributed by atoms with Crippen molar-refractivity contribution in [1.82, 2.24) is 24.7 Å². The van der Waals surface area contributed by atoms with Gasteiger partial charge in [0.05, 0.1) is 12.8 Å². The topological polar surface area (TPSA) is 90.5 Å². The van der Waals surface area contributed by atoms with Crippen LogP contribution in [0.2, 0.25) is 0 Å². The van der Waals surface area contributed by atoms with E-state index >= 15 is 0 Å². The summed E-state index contributed by atoms with van der Waals surface area (Å²) < 4.78 is 7.86. The predicted octanol–water partition coefficient (Wildman–Crippen LogP) is 2.19. The Bertz CT molecular complexity index is 1260. The fourth-order valence-electron chi connectivity index (χ4n) is 3.21. The average Bonchev–Trinajstić information content (AvgIpc) is 3.23. The molecule has 8 nitrogen and oxygen atoms in total. The maximum Gasteiger partial charge on any atom is 0.293 e. The SMILES string of the molecule is COc1cccc(CNC(=O)Cn2nc(C)n3nc(-c4ccccc4)cc3c2=O)c1. The van der Waals surface area contributed by atoms with Crippen LogP contribution in [0.3, 0.4) is 0 Å². The van der Waals surface area contributed by atoms with E-state index in [4.69, 9.17) is 4.74 Å². The molecule has 0 fully saturated rings. The van der Waals surface area contributed by atoms with E-state index < -0.39 is 0 Å². The van der Waals surface area contributed by atoms with Gasteiger partial charge in [-0.05, 0) is 30.7 Å². The number of aryl methyl sites for hydroxylation is 1. The molecule has 0 unspecified atom stereocenters. The van der Waals surface area contributed by atoms with E-state index in [1.807, 2.05) is 54.6 Å². The molecule has 1 amide bonds. The molecule has 4 aromatic rings. The second-order valence-corrected chi connectivity index (χ2v) is 6.83. The van der Waals surface area contributed by atoms with Gasteiger partial charge in [0, 0.05) is 12.1 Å². The summed E-state index contributed by atoms with van der Waals surface area (Å²) in [5.74, 6) is 0.932. The second kappa shape index (κ2) is 8.20. The monoisotopic (exact) mass is 403 g/mol. The molecule has 0 aliphatic heterocycles. The van der Waals surface area contributed by atoms with Gasteiger partial charge in [0.25, 0.3) is 5.56 Å². The number of aromatic nitrogens is 4. The van der Waals surface area contributed by atoms with Crippen LogP contribution in [-0.4, -0.2) is 32.4 Å². The summed E-state index contributed by atoms with van der Waals surface area (Å²) in [5.41, 5.74) is 2.49. The first-order valence-electron chi connectivity index (χ1n) is 9.47. The summed E-state index contributed by atoms with van der Waals surface area (Å²) in [6, 6.07) is 18.7. The quantitative estimate of drug-likeness (QED) is 0.533. The minimum absolute atomic E-state index is 0.175. The standard InChI is InChI=1S/C22H21N5O3/c1-15-24-26(14-21(28)23-13-16-7-6-10-18(11-16)30-2)22(29)20-12-19(25-27(15)20)17-8-4-3-5-9-17/h3-12H,13-14H2,1-2H3,(H,23,28). The number of ether oxygens (including phenoxy) is 1. The molecule has 0 bridgehead atoms. The number of rotatable bonds is 6. The molecule has 0 spiro atoms. The van der Waals surface area contributed by atoms with Crippen LogP contribution in [0.4, 0.5) is 0 Å². The molecule has 2 heterocycles. The Morgan fingerprint density at radius 2 is 1.87 bits per heavy atom. The zero-order chi connectivity index (χ0) is 21.1. The molecule has 1 N–H and O–H groups in total. The molecule has 0 radical (unpaired) electrons. The lowest BCUT2D eigenvalue weighted by molar-refractivity contribution is -0.122. The molecule has 8 heteroatoms. The van der Waals surface area contributed by atoms with E-state index in [2.05, 4.69) is 15.5 Å². The van der Waals surface area contributed by atoms with Gasteiger partial charge in [0.1, 0.15) is 23.6 Å². The molecule has 0 aliphatic rings. The van der Waals surface area contributed by atoms with Crippen LogP contribution in [0.25, 0.3) is 16.8 Å². The fraction of sp³-hybridized carbons (Fsp3) is 0.182. The molecule has 2 aromatic carbocycles. The van der Waals surface area contributed by atoms with Crippen molar-refractivity contribution in [1.29, 1.82) is 0 Å². The Hall–Kier alpha value is -3.94. The average molecular weight is 403 g/mol. The van der Waals surface area contributed by atoms with Gasteiger partial charge >= 0.3 is 0 Å². The highest BCUT2D eigenvalue weighted by atomic mass is 16.5. The number of amides is 1. The summed E-state index contributed by atoms with van der Waals surface area (Å²) in [6.07, 6.45) is 0. The van der Waals surface area contributed by atoms with Crippen molar-refractivity contribution in [3.8, 4) is 17.0 Å². The van der Waals surface area contributed by atoms with E-state index in [-0.39, 0.29) is 18.0 Å². The first-order valence-corrected chi connectivity index (χ1v) is 9.47. The first kappa shape index (κ1) is 19.4. The van der Waals surface area contributed by atoms with E-state index in [1.165, 1.54) is 9.20 Å². The summed E-state index contributed by atoms with van der Waals surface area (Å²) >= 11 is 0. The largest absolute Gasteiger partial charge is 0.497 e. The smallest absolute Gasteiger partial charge is 0.293 e. The van der Waals surface area contributed by atoms with Gasteiger partial charge in [-0.25, -0.2) is 9.20 Å². The van der Waals surface area contributed by atoms with Crippen molar-refractivity contribution in [2.24, 2.45) is 0 Å². The maximum absolute atomic E-state index is 12.9. The zero-order valence-electron chi connectivity index (χ0n) is 16.7. The minimum atomic E-state index is -0.369. The Morgan fingerprint density at radius 3 is 2.63 bits per heavy atom. The van der Waals surface area contributed by atoms with Crippen molar-refractivity contribution in [2.75, 3.05) is 7.11 Å². The Labute approximate surface area is 172 Å². The van der Waals surface area contributed by atoms with E-state index in [9.17, 15) is 9.59 Å². The molecule has 152 valence electrons. The molecular weight excluding hydrogens is 382 g/mol. The van der Waals surface area contributed by atoms with Gasteiger partial charge in [-0.1, -0.05) is 42.5 Å². The van der Waals surface area contributed by atoms with Crippen molar-refractivity contribution < 1.29 is 9.53 Å². The lowest BCUT2D eigenvalue weighted by Crippen LogP contribution is -2.34. The third kappa shape index (κ3) is 3.93. The van der Waals surface area contributed by atoms with Crippen LogP contribution < -0.4 is 15.6 Å². The molecule has 2 aromatic heterocycles. The first-order chi connectivity index (χ1) is 14.5. The number of carbonyl (C=O) groups is 1. The van der Waals surface area contributed by atoms with Gasteiger partial charge < -0.3 is 10.1 Å². The van der Waals surface area contributed by atoms with Gasteiger partial charge in [0.2, 0.25) is 5.91 Å². The van der Waals surface area contributed by atoms with Gasteiger partial charge in [-0.2, -0.15) is 10.2 Å². The van der Waals surface area contributed by atoms with Crippen LogP contribution in [-0.2, 0) is 17.9 Å². The van der Waals surface area contributed by atoms with E-state index in [0.717, 1.165) is 16.9 Å². The summed E-state index contributed by atoms with van der Waals surface area (Å²) in [5, 5.41) is 11.5. The van der Waals surface area contributed by atoms with Gasteiger partial charge in [-0.3, -0.25) is 9.59 Å². The molecule has 0 saturated carbocycles. The molecule has 4 rings (SSSR count). The van der Waals surface area contributed by atoms with Crippen molar-refractivity contribution in [2.45, 2.75) is 20.0 Å². The van der Waals surface area contributed by atoms with Gasteiger partial charge in [0.15, 0.2) is 0 Å². The third-order valence-corrected chi connectivity index (χ3v) is 4.72. The highest BCUT2D eigenvalue weighted by Gasteiger charge is 2.14. The van der Waals surface area contributed by atoms with Gasteiger partial charge in [-0.15, -0.1) is 0 Å². The Kier molecular flexibility index (Phi) is 5.30. The zero-order valence-corrected chi connectivity index (χ0v) is 16.7. The molecule has 0 aliphatic carbocycles. The molecule has 0 atom stereocenters. The molecular formula is C22H21N5O3. The number of nitrogens with one attached hydrogen (secondary N) is 1. The molecule has 0 saturated heterocycles.